The number of aliphatic imine (C=N–C) groups is 1. The predicted molar refractivity (Wildman–Crippen MR) is 118 cm³/mol. The van der Waals surface area contributed by atoms with Crippen LogP contribution in [0.15, 0.2) is 4.99 Å². The zero-order valence-electron chi connectivity index (χ0n) is 17.0. The van der Waals surface area contributed by atoms with Crippen LogP contribution < -0.4 is 10.6 Å². The smallest absolute Gasteiger partial charge is 0.191 e. The van der Waals surface area contributed by atoms with Crippen molar-refractivity contribution in [3.8, 4) is 0 Å². The average Bonchev–Trinajstić information content (AvgIpc) is 2.55. The van der Waals surface area contributed by atoms with Gasteiger partial charge in [0, 0.05) is 44.8 Å². The van der Waals surface area contributed by atoms with Gasteiger partial charge < -0.3 is 20.3 Å². The molecule has 0 aromatic heterocycles. The van der Waals surface area contributed by atoms with E-state index in [0.29, 0.717) is 18.0 Å². The Hall–Kier alpha value is -0.120. The van der Waals surface area contributed by atoms with Crippen LogP contribution in [0.25, 0.3) is 0 Å². The third-order valence-electron chi connectivity index (χ3n) is 4.70. The Morgan fingerprint density at radius 3 is 2.32 bits per heavy atom. The average molecular weight is 469 g/mol. The van der Waals surface area contributed by atoms with Gasteiger partial charge in [0.05, 0.1) is 19.8 Å². The highest BCUT2D eigenvalue weighted by atomic mass is 127. The van der Waals surface area contributed by atoms with Crippen molar-refractivity contribution in [2.75, 3.05) is 59.5 Å². The number of guanidine groups is 1. The van der Waals surface area contributed by atoms with Crippen LogP contribution >= 0.6 is 24.0 Å². The van der Waals surface area contributed by atoms with Gasteiger partial charge in [-0.25, -0.2) is 0 Å². The maximum Gasteiger partial charge on any atom is 0.191 e. The standard InChI is InChI=1S/C18H39N5O.HI/c1-7-19-18(20-8-9-22(6)16(4)5)21-14-17(15(2)3)23-10-12-24-13-11-23;/h15-17H,7-14H2,1-6H3,(H2,19,20,21);1H. The molecule has 1 aliphatic rings. The van der Waals surface area contributed by atoms with Crippen molar-refractivity contribution < 1.29 is 4.74 Å². The number of nitrogens with zero attached hydrogens (tertiary/aromatic N) is 3. The minimum Gasteiger partial charge on any atom is -0.379 e. The van der Waals surface area contributed by atoms with Crippen molar-refractivity contribution in [1.82, 2.24) is 20.4 Å². The van der Waals surface area contributed by atoms with E-state index >= 15 is 0 Å². The van der Waals surface area contributed by atoms with Crippen molar-refractivity contribution in [3.05, 3.63) is 0 Å². The minimum absolute atomic E-state index is 0. The normalized spacial score (nSPS) is 17.7. The van der Waals surface area contributed by atoms with Crippen LogP contribution in [0.1, 0.15) is 34.6 Å². The summed E-state index contributed by atoms with van der Waals surface area (Å²) in [5.74, 6) is 1.51. The summed E-state index contributed by atoms with van der Waals surface area (Å²) in [6.07, 6.45) is 0. The third kappa shape index (κ3) is 9.96. The lowest BCUT2D eigenvalue weighted by Gasteiger charge is -2.36. The highest BCUT2D eigenvalue weighted by Gasteiger charge is 2.23. The topological polar surface area (TPSA) is 52.1 Å². The molecule has 0 aromatic rings. The molecular formula is C18H40IN5O. The van der Waals surface area contributed by atoms with E-state index in [0.717, 1.165) is 58.4 Å². The molecule has 1 aliphatic heterocycles. The molecule has 0 aromatic carbocycles. The maximum atomic E-state index is 5.48. The first-order valence-corrected chi connectivity index (χ1v) is 9.49. The van der Waals surface area contributed by atoms with Crippen LogP contribution in [-0.4, -0.2) is 87.4 Å². The van der Waals surface area contributed by atoms with Crippen molar-refractivity contribution in [1.29, 1.82) is 0 Å². The van der Waals surface area contributed by atoms with E-state index in [1.807, 2.05) is 0 Å². The number of halogens is 1. The van der Waals surface area contributed by atoms with Gasteiger partial charge in [-0.15, -0.1) is 24.0 Å². The maximum absolute atomic E-state index is 5.48. The molecule has 1 unspecified atom stereocenters. The highest BCUT2D eigenvalue weighted by Crippen LogP contribution is 2.13. The quantitative estimate of drug-likeness (QED) is 0.307. The lowest BCUT2D eigenvalue weighted by molar-refractivity contribution is 0.00867. The third-order valence-corrected chi connectivity index (χ3v) is 4.70. The van der Waals surface area contributed by atoms with Gasteiger partial charge in [-0.05, 0) is 33.7 Å². The number of ether oxygens (including phenoxy) is 1. The molecule has 1 atom stereocenters. The first-order chi connectivity index (χ1) is 11.5. The summed E-state index contributed by atoms with van der Waals surface area (Å²) < 4.78 is 5.48. The second-order valence-electron chi connectivity index (χ2n) is 7.18. The Bertz CT molecular complexity index is 359. The van der Waals surface area contributed by atoms with Gasteiger partial charge >= 0.3 is 0 Å². The SMILES string of the molecule is CCNC(=NCC(C(C)C)N1CCOCC1)NCCN(C)C(C)C.I. The molecule has 7 heteroatoms. The number of hydrogen-bond donors (Lipinski definition) is 2. The molecule has 1 fully saturated rings. The molecule has 0 saturated carbocycles. The van der Waals surface area contributed by atoms with Gasteiger partial charge in [-0.3, -0.25) is 9.89 Å². The molecule has 6 nitrogen and oxygen atoms in total. The molecule has 0 bridgehead atoms. The predicted octanol–water partition coefficient (Wildman–Crippen LogP) is 1.86. The minimum atomic E-state index is 0. The van der Waals surface area contributed by atoms with Crippen LogP contribution in [0.5, 0.6) is 0 Å². The van der Waals surface area contributed by atoms with Gasteiger partial charge in [-0.2, -0.15) is 0 Å². The van der Waals surface area contributed by atoms with Crippen molar-refractivity contribution in [2.24, 2.45) is 10.9 Å². The van der Waals surface area contributed by atoms with E-state index < -0.39 is 0 Å². The van der Waals surface area contributed by atoms with Gasteiger partial charge in [0.15, 0.2) is 5.96 Å². The Labute approximate surface area is 172 Å². The fourth-order valence-corrected chi connectivity index (χ4v) is 2.79. The lowest BCUT2D eigenvalue weighted by atomic mass is 10.0. The summed E-state index contributed by atoms with van der Waals surface area (Å²) in [6.45, 7) is 18.5. The van der Waals surface area contributed by atoms with Gasteiger partial charge in [-0.1, -0.05) is 13.8 Å². The number of likely N-dealkylation sites (N-methyl/N-ethyl adjacent to an activating group) is 1. The zero-order chi connectivity index (χ0) is 17.9. The van der Waals surface area contributed by atoms with Crippen LogP contribution in [0.4, 0.5) is 0 Å². The highest BCUT2D eigenvalue weighted by molar-refractivity contribution is 14.0. The summed E-state index contributed by atoms with van der Waals surface area (Å²) >= 11 is 0. The second kappa shape index (κ2) is 14.0. The fraction of sp³-hybridized carbons (Fsp3) is 0.944. The molecule has 150 valence electrons. The largest absolute Gasteiger partial charge is 0.379 e. The zero-order valence-corrected chi connectivity index (χ0v) is 19.4. The van der Waals surface area contributed by atoms with Crippen LogP contribution in [0.2, 0.25) is 0 Å². The Kier molecular flexibility index (Phi) is 13.9. The molecule has 1 heterocycles. The molecule has 0 amide bonds. The van der Waals surface area contributed by atoms with Gasteiger partial charge in [0.25, 0.3) is 0 Å². The number of nitrogens with one attached hydrogen (secondary N) is 2. The molecule has 0 radical (unpaired) electrons. The Morgan fingerprint density at radius 2 is 1.80 bits per heavy atom. The van der Waals surface area contributed by atoms with E-state index in [1.165, 1.54) is 0 Å². The number of hydrogen-bond acceptors (Lipinski definition) is 4. The first-order valence-electron chi connectivity index (χ1n) is 9.49. The molecule has 1 rings (SSSR count). The summed E-state index contributed by atoms with van der Waals surface area (Å²) in [4.78, 5) is 9.70. The first kappa shape index (κ1) is 24.9. The molecule has 0 aliphatic carbocycles. The molecule has 25 heavy (non-hydrogen) atoms. The van der Waals surface area contributed by atoms with E-state index in [1.54, 1.807) is 0 Å². The van der Waals surface area contributed by atoms with E-state index in [9.17, 15) is 0 Å². The van der Waals surface area contributed by atoms with Gasteiger partial charge in [0.1, 0.15) is 0 Å². The monoisotopic (exact) mass is 469 g/mol. The van der Waals surface area contributed by atoms with Crippen molar-refractivity contribution in [3.63, 3.8) is 0 Å². The fourth-order valence-electron chi connectivity index (χ4n) is 2.79. The Morgan fingerprint density at radius 1 is 1.16 bits per heavy atom. The number of morpholine rings is 1. The van der Waals surface area contributed by atoms with Crippen molar-refractivity contribution in [2.45, 2.75) is 46.7 Å². The van der Waals surface area contributed by atoms with Crippen LogP contribution in [0.3, 0.4) is 0 Å². The van der Waals surface area contributed by atoms with E-state index in [4.69, 9.17) is 9.73 Å². The Balaban J connectivity index is 0.00000576. The lowest BCUT2D eigenvalue weighted by Crippen LogP contribution is -2.48. The summed E-state index contributed by atoms with van der Waals surface area (Å²) in [6, 6.07) is 1.04. The summed E-state index contributed by atoms with van der Waals surface area (Å²) in [5, 5.41) is 6.82. The number of rotatable bonds is 9. The van der Waals surface area contributed by atoms with Crippen LogP contribution in [0, 0.1) is 5.92 Å². The van der Waals surface area contributed by atoms with Gasteiger partial charge in [0.2, 0.25) is 0 Å². The van der Waals surface area contributed by atoms with Crippen LogP contribution in [-0.2, 0) is 4.74 Å². The molecular weight excluding hydrogens is 429 g/mol. The van der Waals surface area contributed by atoms with E-state index in [-0.39, 0.29) is 24.0 Å². The summed E-state index contributed by atoms with van der Waals surface area (Å²) in [5.41, 5.74) is 0. The van der Waals surface area contributed by atoms with E-state index in [2.05, 4.69) is 62.1 Å². The second-order valence-corrected chi connectivity index (χ2v) is 7.18. The molecule has 0 spiro atoms. The summed E-state index contributed by atoms with van der Waals surface area (Å²) in [7, 11) is 2.16. The molecule has 1 saturated heterocycles. The molecule has 2 N–H and O–H groups in total. The van der Waals surface area contributed by atoms with Crippen molar-refractivity contribution >= 4 is 29.9 Å².